The first-order chi connectivity index (χ1) is 15.3. The number of benzene rings is 3. The van der Waals surface area contributed by atoms with Gasteiger partial charge in [0.1, 0.15) is 5.56 Å². The maximum absolute atomic E-state index is 13.4. The van der Waals surface area contributed by atoms with Gasteiger partial charge in [0.2, 0.25) is 0 Å². The minimum Gasteiger partial charge on any atom is -0.267 e. The maximum Gasteiger partial charge on any atom is 0.287 e. The molecule has 8 nitrogen and oxygen atoms in total. The van der Waals surface area contributed by atoms with Gasteiger partial charge in [-0.3, -0.25) is 24.5 Å². The fraction of sp³-hybridized carbons (Fsp3) is 0.0455. The fourth-order valence-corrected chi connectivity index (χ4v) is 3.62. The lowest BCUT2D eigenvalue weighted by Gasteiger charge is -2.30. The lowest BCUT2D eigenvalue weighted by molar-refractivity contribution is -0.385. The zero-order valence-corrected chi connectivity index (χ0v) is 17.7. The third-order valence-electron chi connectivity index (χ3n) is 4.88. The molecule has 3 amide bonds. The first-order valence-corrected chi connectivity index (χ1v) is 10.0. The number of fused-ring (bicyclic) bond motifs is 1. The average Bonchev–Trinajstić information content (AvgIpc) is 3.03. The Hall–Kier alpha value is -3.75. The molecule has 160 valence electrons. The van der Waals surface area contributed by atoms with Crippen molar-refractivity contribution in [1.29, 1.82) is 0 Å². The molecule has 0 unspecified atom stereocenters. The highest BCUT2D eigenvalue weighted by Gasteiger charge is 2.45. The van der Waals surface area contributed by atoms with E-state index in [0.717, 1.165) is 11.1 Å². The van der Waals surface area contributed by atoms with E-state index in [0.29, 0.717) is 20.6 Å². The van der Waals surface area contributed by atoms with Gasteiger partial charge in [0.15, 0.2) is 0 Å². The van der Waals surface area contributed by atoms with Crippen LogP contribution >= 0.6 is 23.2 Å². The van der Waals surface area contributed by atoms with Gasteiger partial charge in [0.05, 0.1) is 17.0 Å². The number of hydrogen-bond acceptors (Lipinski definition) is 5. The molecule has 4 rings (SSSR count). The lowest BCUT2D eigenvalue weighted by Crippen LogP contribution is -2.49. The summed E-state index contributed by atoms with van der Waals surface area (Å²) in [6.07, 6.45) is 0. The van der Waals surface area contributed by atoms with Crippen LogP contribution in [0.4, 0.5) is 5.69 Å². The van der Waals surface area contributed by atoms with Gasteiger partial charge in [-0.05, 0) is 48.0 Å². The summed E-state index contributed by atoms with van der Waals surface area (Å²) in [5, 5.41) is 13.9. The van der Waals surface area contributed by atoms with Crippen LogP contribution in [0, 0.1) is 10.1 Å². The first kappa shape index (κ1) is 21.5. The summed E-state index contributed by atoms with van der Waals surface area (Å²) in [6, 6.07) is 16.2. The van der Waals surface area contributed by atoms with E-state index >= 15 is 0 Å². The SMILES string of the molecule is O=C(c1ccc(Cl)cc1)N(Cc1ccc(Cl)cc1)N1C(=O)c2cccc([N+](=O)[O-])c2C1=O. The second kappa shape index (κ2) is 8.41. The number of imide groups is 1. The molecule has 0 radical (unpaired) electrons. The third-order valence-corrected chi connectivity index (χ3v) is 5.38. The van der Waals surface area contributed by atoms with Crippen molar-refractivity contribution in [3.63, 3.8) is 0 Å². The van der Waals surface area contributed by atoms with Crippen molar-refractivity contribution in [1.82, 2.24) is 10.0 Å². The number of carbonyl (C=O) groups excluding carboxylic acids is 3. The number of nitro groups is 1. The molecule has 0 N–H and O–H groups in total. The molecule has 1 aliphatic rings. The zero-order valence-electron chi connectivity index (χ0n) is 16.2. The van der Waals surface area contributed by atoms with Gasteiger partial charge >= 0.3 is 0 Å². The second-order valence-corrected chi connectivity index (χ2v) is 7.75. The Bertz CT molecular complexity index is 1260. The van der Waals surface area contributed by atoms with Gasteiger partial charge < -0.3 is 0 Å². The number of amides is 3. The number of nitro benzene ring substituents is 1. The van der Waals surface area contributed by atoms with Crippen molar-refractivity contribution in [2.75, 3.05) is 0 Å². The second-order valence-electron chi connectivity index (χ2n) is 6.88. The minimum atomic E-state index is -0.950. The molecule has 0 saturated carbocycles. The van der Waals surface area contributed by atoms with Crippen LogP contribution in [0.5, 0.6) is 0 Å². The summed E-state index contributed by atoms with van der Waals surface area (Å²) in [5.74, 6) is -2.44. The van der Waals surface area contributed by atoms with Gasteiger partial charge in [-0.1, -0.05) is 41.4 Å². The molecule has 1 aliphatic heterocycles. The van der Waals surface area contributed by atoms with Gasteiger partial charge in [0, 0.05) is 21.7 Å². The summed E-state index contributed by atoms with van der Waals surface area (Å²) in [4.78, 5) is 50.3. The number of nitrogens with zero attached hydrogens (tertiary/aromatic N) is 3. The molecule has 0 aliphatic carbocycles. The number of hydrazine groups is 1. The van der Waals surface area contributed by atoms with E-state index in [2.05, 4.69) is 0 Å². The predicted molar refractivity (Wildman–Crippen MR) is 116 cm³/mol. The van der Waals surface area contributed by atoms with Gasteiger partial charge in [-0.25, -0.2) is 5.01 Å². The van der Waals surface area contributed by atoms with Crippen molar-refractivity contribution in [3.05, 3.63) is 109 Å². The normalized spacial score (nSPS) is 12.6. The Morgan fingerprint density at radius 2 is 1.50 bits per heavy atom. The molecule has 3 aromatic rings. The molecule has 1 heterocycles. The Morgan fingerprint density at radius 1 is 0.906 bits per heavy atom. The van der Waals surface area contributed by atoms with Gasteiger partial charge in [-0.2, -0.15) is 5.01 Å². The maximum atomic E-state index is 13.4. The summed E-state index contributed by atoms with van der Waals surface area (Å²) in [6.45, 7) is -0.155. The van der Waals surface area contributed by atoms with Crippen LogP contribution < -0.4 is 0 Å². The third kappa shape index (κ3) is 3.81. The Labute approximate surface area is 191 Å². The molecule has 0 spiro atoms. The molecular weight excluding hydrogens is 457 g/mol. The summed E-state index contributed by atoms with van der Waals surface area (Å²) >= 11 is 11.8. The molecule has 0 fully saturated rings. The van der Waals surface area contributed by atoms with E-state index in [9.17, 15) is 24.5 Å². The van der Waals surface area contributed by atoms with Crippen LogP contribution in [0.15, 0.2) is 66.7 Å². The van der Waals surface area contributed by atoms with Crippen LogP contribution in [0.1, 0.15) is 36.6 Å². The van der Waals surface area contributed by atoms with E-state index in [1.807, 2.05) is 0 Å². The van der Waals surface area contributed by atoms with Crippen molar-refractivity contribution < 1.29 is 19.3 Å². The molecule has 0 bridgehead atoms. The fourth-order valence-electron chi connectivity index (χ4n) is 3.36. The van der Waals surface area contributed by atoms with Gasteiger partial charge in [0.25, 0.3) is 23.4 Å². The number of carbonyl (C=O) groups is 3. The average molecular weight is 470 g/mol. The van der Waals surface area contributed by atoms with Crippen molar-refractivity contribution >= 4 is 46.6 Å². The largest absolute Gasteiger partial charge is 0.287 e. The summed E-state index contributed by atoms with van der Waals surface area (Å²) in [7, 11) is 0. The monoisotopic (exact) mass is 469 g/mol. The minimum absolute atomic E-state index is 0.144. The van der Waals surface area contributed by atoms with E-state index in [1.165, 1.54) is 36.4 Å². The summed E-state index contributed by atoms with van der Waals surface area (Å²) in [5.41, 5.74) is -0.243. The van der Waals surface area contributed by atoms with Crippen molar-refractivity contribution in [2.45, 2.75) is 6.54 Å². The molecule has 0 atom stereocenters. The van der Waals surface area contributed by atoms with E-state index in [1.54, 1.807) is 24.3 Å². The van der Waals surface area contributed by atoms with Crippen LogP contribution in [-0.4, -0.2) is 32.7 Å². The Morgan fingerprint density at radius 3 is 2.09 bits per heavy atom. The molecule has 32 heavy (non-hydrogen) atoms. The van der Waals surface area contributed by atoms with Crippen LogP contribution in [0.3, 0.4) is 0 Å². The number of rotatable bonds is 5. The first-order valence-electron chi connectivity index (χ1n) is 9.26. The van der Waals surface area contributed by atoms with Gasteiger partial charge in [-0.15, -0.1) is 0 Å². The topological polar surface area (TPSA) is 101 Å². The highest BCUT2D eigenvalue weighted by molar-refractivity contribution is 6.31. The highest BCUT2D eigenvalue weighted by atomic mass is 35.5. The molecule has 3 aromatic carbocycles. The van der Waals surface area contributed by atoms with Crippen LogP contribution in [0.2, 0.25) is 10.0 Å². The molecule has 0 saturated heterocycles. The number of hydrogen-bond donors (Lipinski definition) is 0. The standard InChI is InChI=1S/C22H13Cl2N3O5/c23-15-8-4-13(5-9-15)12-25(20(28)14-6-10-16(24)11-7-14)26-21(29)17-2-1-3-18(27(31)32)19(17)22(26)30/h1-11H,12H2. The summed E-state index contributed by atoms with van der Waals surface area (Å²) < 4.78 is 0. The molecule has 10 heteroatoms. The predicted octanol–water partition coefficient (Wildman–Crippen LogP) is 4.76. The van der Waals surface area contributed by atoms with Crippen LogP contribution in [0.25, 0.3) is 0 Å². The van der Waals surface area contributed by atoms with Crippen molar-refractivity contribution in [2.24, 2.45) is 0 Å². The van der Waals surface area contributed by atoms with Crippen LogP contribution in [-0.2, 0) is 6.54 Å². The smallest absolute Gasteiger partial charge is 0.267 e. The van der Waals surface area contributed by atoms with Crippen molar-refractivity contribution in [3.8, 4) is 0 Å². The highest BCUT2D eigenvalue weighted by Crippen LogP contribution is 2.33. The van der Waals surface area contributed by atoms with E-state index < -0.39 is 28.3 Å². The lowest BCUT2D eigenvalue weighted by atomic mass is 10.1. The van der Waals surface area contributed by atoms with E-state index in [4.69, 9.17) is 23.2 Å². The quantitative estimate of drug-likeness (QED) is 0.304. The molecular formula is C22H13Cl2N3O5. The molecule has 0 aromatic heterocycles. The Kier molecular flexibility index (Phi) is 5.65. The number of halogens is 2. The zero-order chi connectivity index (χ0) is 23.0. The Balaban J connectivity index is 1.79. The van der Waals surface area contributed by atoms with E-state index in [-0.39, 0.29) is 23.2 Å².